The highest BCUT2D eigenvalue weighted by molar-refractivity contribution is 6.32. The van der Waals surface area contributed by atoms with Gasteiger partial charge in [0.25, 0.3) is 5.91 Å². The van der Waals surface area contributed by atoms with Crippen LogP contribution in [0.4, 0.5) is 8.78 Å². The fourth-order valence-corrected chi connectivity index (χ4v) is 2.24. The van der Waals surface area contributed by atoms with E-state index < -0.39 is 18.4 Å². The molecule has 21 heavy (non-hydrogen) atoms. The molecule has 1 amide bonds. The van der Waals surface area contributed by atoms with Gasteiger partial charge in [0, 0.05) is 6.04 Å². The SMILES string of the molecule is O=C(NC1CCNCC1)C(F)(F)COc1ccccc1Cl. The fourth-order valence-electron chi connectivity index (χ4n) is 2.05. The highest BCUT2D eigenvalue weighted by atomic mass is 35.5. The highest BCUT2D eigenvalue weighted by Crippen LogP contribution is 2.25. The molecule has 1 heterocycles. The standard InChI is InChI=1S/C14H17ClF2N2O2/c15-11-3-1-2-4-12(11)21-9-14(16,17)13(20)19-10-5-7-18-8-6-10/h1-4,10,18H,5-9H2,(H,19,20). The van der Waals surface area contributed by atoms with Crippen LogP contribution < -0.4 is 15.4 Å². The zero-order chi connectivity index (χ0) is 15.3. The van der Waals surface area contributed by atoms with E-state index in [4.69, 9.17) is 16.3 Å². The molecule has 0 atom stereocenters. The van der Waals surface area contributed by atoms with Gasteiger partial charge in [-0.2, -0.15) is 8.78 Å². The molecule has 0 spiro atoms. The summed E-state index contributed by atoms with van der Waals surface area (Å²) in [5.41, 5.74) is 0. The van der Waals surface area contributed by atoms with Crippen molar-refractivity contribution in [2.24, 2.45) is 0 Å². The number of halogens is 3. The maximum absolute atomic E-state index is 13.8. The molecule has 0 aromatic heterocycles. The summed E-state index contributed by atoms with van der Waals surface area (Å²) in [4.78, 5) is 11.6. The number of benzene rings is 1. The molecule has 1 aromatic carbocycles. The average Bonchev–Trinajstić information content (AvgIpc) is 2.47. The Kier molecular flexibility index (Phi) is 5.36. The Morgan fingerprint density at radius 3 is 2.71 bits per heavy atom. The number of amides is 1. The van der Waals surface area contributed by atoms with Crippen molar-refractivity contribution in [3.63, 3.8) is 0 Å². The number of para-hydroxylation sites is 1. The Hall–Kier alpha value is -1.40. The maximum atomic E-state index is 13.8. The lowest BCUT2D eigenvalue weighted by Gasteiger charge is -2.26. The molecular weight excluding hydrogens is 302 g/mol. The summed E-state index contributed by atoms with van der Waals surface area (Å²) < 4.78 is 32.5. The van der Waals surface area contributed by atoms with E-state index in [1.807, 2.05) is 0 Å². The first-order chi connectivity index (χ1) is 9.99. The Morgan fingerprint density at radius 2 is 2.05 bits per heavy atom. The van der Waals surface area contributed by atoms with Crippen LogP contribution in [-0.4, -0.2) is 37.6 Å². The van der Waals surface area contributed by atoms with Crippen molar-refractivity contribution < 1.29 is 18.3 Å². The molecular formula is C14H17ClF2N2O2. The summed E-state index contributed by atoms with van der Waals surface area (Å²) in [6.45, 7) is 0.396. The third-order valence-corrected chi connectivity index (χ3v) is 3.56. The number of rotatable bonds is 5. The molecule has 0 radical (unpaired) electrons. The molecule has 0 aliphatic carbocycles. The van der Waals surface area contributed by atoms with E-state index in [1.54, 1.807) is 12.1 Å². The third-order valence-electron chi connectivity index (χ3n) is 3.25. The van der Waals surface area contributed by atoms with Crippen LogP contribution in [0.3, 0.4) is 0 Å². The predicted octanol–water partition coefficient (Wildman–Crippen LogP) is 2.22. The van der Waals surface area contributed by atoms with Crippen LogP contribution >= 0.6 is 11.6 Å². The minimum atomic E-state index is -3.59. The summed E-state index contributed by atoms with van der Waals surface area (Å²) >= 11 is 5.81. The zero-order valence-electron chi connectivity index (χ0n) is 11.4. The molecule has 4 nitrogen and oxygen atoms in total. The number of ether oxygens (including phenoxy) is 1. The van der Waals surface area contributed by atoms with Crippen molar-refractivity contribution in [1.29, 1.82) is 0 Å². The van der Waals surface area contributed by atoms with Gasteiger partial charge in [-0.05, 0) is 38.1 Å². The van der Waals surface area contributed by atoms with E-state index in [1.165, 1.54) is 12.1 Å². The molecule has 2 rings (SSSR count). The van der Waals surface area contributed by atoms with Crippen molar-refractivity contribution in [3.8, 4) is 5.75 Å². The summed E-state index contributed by atoms with van der Waals surface area (Å²) in [5.74, 6) is -4.76. The Morgan fingerprint density at radius 1 is 1.38 bits per heavy atom. The number of hydrogen-bond acceptors (Lipinski definition) is 3. The van der Waals surface area contributed by atoms with E-state index in [2.05, 4.69) is 10.6 Å². The van der Waals surface area contributed by atoms with E-state index in [0.29, 0.717) is 25.9 Å². The Balaban J connectivity index is 1.88. The van der Waals surface area contributed by atoms with Gasteiger partial charge < -0.3 is 15.4 Å². The summed E-state index contributed by atoms with van der Waals surface area (Å²) in [5, 5.41) is 5.70. The lowest BCUT2D eigenvalue weighted by Crippen LogP contribution is -2.50. The van der Waals surface area contributed by atoms with Gasteiger partial charge >= 0.3 is 5.92 Å². The van der Waals surface area contributed by atoms with Crippen LogP contribution in [0.25, 0.3) is 0 Å². The lowest BCUT2D eigenvalue weighted by atomic mass is 10.1. The van der Waals surface area contributed by atoms with Crippen molar-refractivity contribution in [1.82, 2.24) is 10.6 Å². The number of hydrogen-bond donors (Lipinski definition) is 2. The molecule has 116 valence electrons. The number of carbonyl (C=O) groups is 1. The molecule has 0 saturated carbocycles. The first-order valence-corrected chi connectivity index (χ1v) is 7.14. The quantitative estimate of drug-likeness (QED) is 0.875. The number of piperidine rings is 1. The van der Waals surface area contributed by atoms with Gasteiger partial charge in [0.2, 0.25) is 0 Å². The van der Waals surface area contributed by atoms with Crippen molar-refractivity contribution in [2.45, 2.75) is 24.8 Å². The molecule has 0 bridgehead atoms. The second-order valence-electron chi connectivity index (χ2n) is 4.92. The van der Waals surface area contributed by atoms with Gasteiger partial charge in [-0.1, -0.05) is 23.7 Å². The molecule has 1 saturated heterocycles. The summed E-state index contributed by atoms with van der Waals surface area (Å²) in [6, 6.07) is 6.07. The fraction of sp³-hybridized carbons (Fsp3) is 0.500. The maximum Gasteiger partial charge on any atom is 0.357 e. The minimum Gasteiger partial charge on any atom is -0.485 e. The van der Waals surface area contributed by atoms with Crippen molar-refractivity contribution in [2.75, 3.05) is 19.7 Å². The normalized spacial score (nSPS) is 16.5. The Labute approximate surface area is 126 Å². The van der Waals surface area contributed by atoms with Gasteiger partial charge in [0.05, 0.1) is 5.02 Å². The van der Waals surface area contributed by atoms with E-state index >= 15 is 0 Å². The first kappa shape index (κ1) is 16.0. The smallest absolute Gasteiger partial charge is 0.357 e. The van der Waals surface area contributed by atoms with Crippen LogP contribution in [0.1, 0.15) is 12.8 Å². The number of alkyl halides is 2. The summed E-state index contributed by atoms with van der Waals surface area (Å²) in [6.07, 6.45) is 1.29. The zero-order valence-corrected chi connectivity index (χ0v) is 12.1. The molecule has 0 unspecified atom stereocenters. The summed E-state index contributed by atoms with van der Waals surface area (Å²) in [7, 11) is 0. The molecule has 1 aliphatic heterocycles. The highest BCUT2D eigenvalue weighted by Gasteiger charge is 2.41. The van der Waals surface area contributed by atoms with Gasteiger partial charge in [-0.15, -0.1) is 0 Å². The Bertz CT molecular complexity index is 494. The number of nitrogens with one attached hydrogen (secondary N) is 2. The van der Waals surface area contributed by atoms with E-state index in [9.17, 15) is 13.6 Å². The van der Waals surface area contributed by atoms with Crippen molar-refractivity contribution >= 4 is 17.5 Å². The van der Waals surface area contributed by atoms with Crippen molar-refractivity contribution in [3.05, 3.63) is 29.3 Å². The molecule has 7 heteroatoms. The van der Waals surface area contributed by atoms with Crippen LogP contribution in [0, 0.1) is 0 Å². The van der Waals surface area contributed by atoms with E-state index in [-0.39, 0.29) is 16.8 Å². The second kappa shape index (κ2) is 7.04. The lowest BCUT2D eigenvalue weighted by molar-refractivity contribution is -0.150. The second-order valence-corrected chi connectivity index (χ2v) is 5.33. The van der Waals surface area contributed by atoms with Crippen LogP contribution in [-0.2, 0) is 4.79 Å². The largest absolute Gasteiger partial charge is 0.485 e. The van der Waals surface area contributed by atoms with Gasteiger partial charge in [-0.25, -0.2) is 0 Å². The monoisotopic (exact) mass is 318 g/mol. The topological polar surface area (TPSA) is 50.4 Å². The van der Waals surface area contributed by atoms with E-state index in [0.717, 1.165) is 0 Å². The molecule has 1 aliphatic rings. The third kappa shape index (κ3) is 4.54. The van der Waals surface area contributed by atoms with Crippen LogP contribution in [0.15, 0.2) is 24.3 Å². The predicted molar refractivity (Wildman–Crippen MR) is 75.9 cm³/mol. The number of carbonyl (C=O) groups excluding carboxylic acids is 1. The molecule has 1 fully saturated rings. The average molecular weight is 319 g/mol. The van der Waals surface area contributed by atoms with Gasteiger partial charge in [0.15, 0.2) is 6.61 Å². The van der Waals surface area contributed by atoms with Crippen LogP contribution in [0.2, 0.25) is 5.02 Å². The van der Waals surface area contributed by atoms with Crippen LogP contribution in [0.5, 0.6) is 5.75 Å². The van der Waals surface area contributed by atoms with Gasteiger partial charge in [-0.3, -0.25) is 4.79 Å². The molecule has 1 aromatic rings. The first-order valence-electron chi connectivity index (χ1n) is 6.76. The molecule has 2 N–H and O–H groups in total. The van der Waals surface area contributed by atoms with Gasteiger partial charge in [0.1, 0.15) is 5.75 Å². The minimum absolute atomic E-state index is 0.133.